The molecule has 1 aromatic carbocycles. The summed E-state index contributed by atoms with van der Waals surface area (Å²) in [5, 5.41) is 3.61. The van der Waals surface area contributed by atoms with Crippen LogP contribution in [0.25, 0.3) is 0 Å². The monoisotopic (exact) mass is 203 g/mol. The average Bonchev–Trinajstić information content (AvgIpc) is 2.50. The molecule has 4 N–H and O–H groups in total. The van der Waals surface area contributed by atoms with E-state index in [1.807, 2.05) is 25.1 Å². The summed E-state index contributed by atoms with van der Waals surface area (Å²) < 4.78 is 4.80. The van der Waals surface area contributed by atoms with Crippen LogP contribution in [-0.4, -0.2) is 5.16 Å². The van der Waals surface area contributed by atoms with Gasteiger partial charge in [-0.15, -0.1) is 0 Å². The fraction of sp³-hybridized carbons (Fsp3) is 0.182. The van der Waals surface area contributed by atoms with Crippen molar-refractivity contribution in [3.05, 3.63) is 41.0 Å². The number of nitrogens with zero attached hydrogens (tertiary/aromatic N) is 1. The van der Waals surface area contributed by atoms with E-state index in [4.69, 9.17) is 16.0 Å². The fourth-order valence-corrected chi connectivity index (χ4v) is 1.54. The predicted molar refractivity (Wildman–Crippen MR) is 59.3 cm³/mol. The number of hydrogen-bond donors (Lipinski definition) is 2. The number of rotatable bonds is 2. The van der Waals surface area contributed by atoms with Crippen molar-refractivity contribution in [1.82, 2.24) is 5.16 Å². The van der Waals surface area contributed by atoms with Crippen molar-refractivity contribution in [3.63, 3.8) is 0 Å². The van der Waals surface area contributed by atoms with Gasteiger partial charge < -0.3 is 16.0 Å². The van der Waals surface area contributed by atoms with Gasteiger partial charge in [0.25, 0.3) is 0 Å². The van der Waals surface area contributed by atoms with Gasteiger partial charge in [-0.3, -0.25) is 0 Å². The minimum atomic E-state index is 0.300. The molecule has 1 aromatic heterocycles. The third-order valence-electron chi connectivity index (χ3n) is 2.31. The van der Waals surface area contributed by atoms with E-state index in [1.165, 1.54) is 5.56 Å². The molecule has 0 saturated carbocycles. The van der Waals surface area contributed by atoms with E-state index in [0.29, 0.717) is 18.1 Å². The highest BCUT2D eigenvalue weighted by atomic mass is 16.5. The molecule has 0 spiro atoms. The first kappa shape index (κ1) is 9.58. The third-order valence-corrected chi connectivity index (χ3v) is 2.31. The highest BCUT2D eigenvalue weighted by Crippen LogP contribution is 2.22. The van der Waals surface area contributed by atoms with E-state index in [-0.39, 0.29) is 0 Å². The van der Waals surface area contributed by atoms with E-state index in [2.05, 4.69) is 11.2 Å². The van der Waals surface area contributed by atoms with E-state index < -0.39 is 0 Å². The van der Waals surface area contributed by atoms with Crippen molar-refractivity contribution < 1.29 is 4.52 Å². The fourth-order valence-electron chi connectivity index (χ4n) is 1.54. The van der Waals surface area contributed by atoms with Crippen molar-refractivity contribution >= 4 is 11.7 Å². The molecule has 78 valence electrons. The van der Waals surface area contributed by atoms with Gasteiger partial charge in [0.05, 0.1) is 5.56 Å². The molecule has 0 saturated heterocycles. The van der Waals surface area contributed by atoms with Gasteiger partial charge >= 0.3 is 0 Å². The molecule has 0 radical (unpaired) electrons. The number of nitrogens with two attached hydrogens (primary N) is 2. The van der Waals surface area contributed by atoms with Crippen LogP contribution in [0.1, 0.15) is 16.7 Å². The number of benzene rings is 1. The van der Waals surface area contributed by atoms with Crippen LogP contribution in [0.2, 0.25) is 0 Å². The average molecular weight is 203 g/mol. The molecule has 0 bridgehead atoms. The Bertz CT molecular complexity index is 457. The van der Waals surface area contributed by atoms with Gasteiger partial charge in [0, 0.05) is 6.42 Å². The molecule has 0 fully saturated rings. The molecule has 0 aliphatic heterocycles. The van der Waals surface area contributed by atoms with Crippen LogP contribution >= 0.6 is 0 Å². The summed E-state index contributed by atoms with van der Waals surface area (Å²) in [5.41, 5.74) is 14.4. The molecule has 0 aliphatic rings. The summed E-state index contributed by atoms with van der Waals surface area (Å²) in [6.07, 6.45) is 0.656. The Morgan fingerprint density at radius 1 is 1.33 bits per heavy atom. The van der Waals surface area contributed by atoms with Crippen LogP contribution in [-0.2, 0) is 6.42 Å². The molecule has 0 amide bonds. The maximum absolute atomic E-state index is 5.64. The molecule has 4 heteroatoms. The lowest BCUT2D eigenvalue weighted by Gasteiger charge is -2.01. The third kappa shape index (κ3) is 1.93. The minimum Gasteiger partial charge on any atom is -0.381 e. The summed E-state index contributed by atoms with van der Waals surface area (Å²) >= 11 is 0. The maximum atomic E-state index is 5.64. The Morgan fingerprint density at radius 3 is 2.73 bits per heavy atom. The van der Waals surface area contributed by atoms with Gasteiger partial charge in [0.1, 0.15) is 0 Å². The van der Waals surface area contributed by atoms with E-state index in [1.54, 1.807) is 0 Å². The van der Waals surface area contributed by atoms with Crippen LogP contribution in [0, 0.1) is 6.92 Å². The van der Waals surface area contributed by atoms with Crippen molar-refractivity contribution in [2.75, 3.05) is 11.5 Å². The second-order valence-electron chi connectivity index (χ2n) is 3.58. The molecule has 0 aliphatic carbocycles. The highest BCUT2D eigenvalue weighted by molar-refractivity contribution is 5.53. The van der Waals surface area contributed by atoms with Gasteiger partial charge in [-0.2, -0.15) is 0 Å². The van der Waals surface area contributed by atoms with Crippen molar-refractivity contribution in [2.45, 2.75) is 13.3 Å². The molecule has 0 unspecified atom stereocenters. The standard InChI is InChI=1S/C11H13N3O/c1-7-3-2-4-8(5-7)6-9-10(12)14-15-11(9)13/h2-5H,6,13H2,1H3,(H2,12,14). The molecule has 2 rings (SSSR count). The summed E-state index contributed by atoms with van der Waals surface area (Å²) in [5.74, 6) is 0.669. The normalized spacial score (nSPS) is 10.5. The Balaban J connectivity index is 2.29. The van der Waals surface area contributed by atoms with E-state index in [9.17, 15) is 0 Å². The van der Waals surface area contributed by atoms with E-state index in [0.717, 1.165) is 11.1 Å². The van der Waals surface area contributed by atoms with Crippen LogP contribution in [0.3, 0.4) is 0 Å². The second-order valence-corrected chi connectivity index (χ2v) is 3.58. The molecule has 0 atom stereocenters. The Hall–Kier alpha value is -1.97. The van der Waals surface area contributed by atoms with Crippen molar-refractivity contribution in [2.24, 2.45) is 0 Å². The van der Waals surface area contributed by atoms with Crippen molar-refractivity contribution in [1.29, 1.82) is 0 Å². The smallest absolute Gasteiger partial charge is 0.227 e. The van der Waals surface area contributed by atoms with Gasteiger partial charge in [-0.25, -0.2) is 0 Å². The Labute approximate surface area is 87.9 Å². The summed E-state index contributed by atoms with van der Waals surface area (Å²) in [4.78, 5) is 0. The largest absolute Gasteiger partial charge is 0.381 e. The molecule has 4 nitrogen and oxygen atoms in total. The lowest BCUT2D eigenvalue weighted by molar-refractivity contribution is 0.439. The first-order chi connectivity index (χ1) is 7.16. The van der Waals surface area contributed by atoms with Gasteiger partial charge in [0.15, 0.2) is 5.82 Å². The number of nitrogen functional groups attached to an aromatic ring is 2. The van der Waals surface area contributed by atoms with Crippen LogP contribution < -0.4 is 11.5 Å². The van der Waals surface area contributed by atoms with E-state index >= 15 is 0 Å². The number of hydrogen-bond acceptors (Lipinski definition) is 4. The topological polar surface area (TPSA) is 78.1 Å². The quantitative estimate of drug-likeness (QED) is 0.779. The predicted octanol–water partition coefficient (Wildman–Crippen LogP) is 1.74. The van der Waals surface area contributed by atoms with Crippen molar-refractivity contribution in [3.8, 4) is 0 Å². The van der Waals surface area contributed by atoms with Crippen LogP contribution in [0.4, 0.5) is 11.7 Å². The minimum absolute atomic E-state index is 0.300. The first-order valence-corrected chi connectivity index (χ1v) is 4.72. The molecule has 1 heterocycles. The van der Waals surface area contributed by atoms with Gasteiger partial charge in [-0.05, 0) is 12.5 Å². The highest BCUT2D eigenvalue weighted by Gasteiger charge is 2.10. The number of anilines is 2. The lowest BCUT2D eigenvalue weighted by atomic mass is 10.0. The van der Waals surface area contributed by atoms with Crippen LogP contribution in [0.5, 0.6) is 0 Å². The maximum Gasteiger partial charge on any atom is 0.227 e. The summed E-state index contributed by atoms with van der Waals surface area (Å²) in [6.45, 7) is 2.05. The van der Waals surface area contributed by atoms with Gasteiger partial charge in [0.2, 0.25) is 5.88 Å². The zero-order valence-corrected chi connectivity index (χ0v) is 8.53. The summed E-state index contributed by atoms with van der Waals surface area (Å²) in [6, 6.07) is 8.17. The summed E-state index contributed by atoms with van der Waals surface area (Å²) in [7, 11) is 0. The second kappa shape index (κ2) is 3.65. The zero-order chi connectivity index (χ0) is 10.8. The Morgan fingerprint density at radius 2 is 2.13 bits per heavy atom. The Kier molecular flexibility index (Phi) is 2.33. The molecule has 2 aromatic rings. The molecule has 15 heavy (non-hydrogen) atoms. The molecular formula is C11H13N3O. The van der Waals surface area contributed by atoms with Gasteiger partial charge in [-0.1, -0.05) is 35.0 Å². The molecular weight excluding hydrogens is 190 g/mol. The first-order valence-electron chi connectivity index (χ1n) is 4.72. The SMILES string of the molecule is Cc1cccc(Cc2c(N)noc2N)c1. The zero-order valence-electron chi connectivity index (χ0n) is 8.53. The van der Waals surface area contributed by atoms with Crippen LogP contribution in [0.15, 0.2) is 28.8 Å². The lowest BCUT2D eigenvalue weighted by Crippen LogP contribution is -1.96. The number of aromatic nitrogens is 1. The number of aryl methyl sites for hydroxylation is 1.